The molecule has 0 rings (SSSR count). The molecule has 0 heterocycles. The molecule has 444 valence electrons. The number of allylic oxidation sites excluding steroid dienone is 8. The van der Waals surface area contributed by atoms with Crippen molar-refractivity contribution in [1.29, 1.82) is 0 Å². The van der Waals surface area contributed by atoms with Gasteiger partial charge in [-0.15, -0.1) is 0 Å². The van der Waals surface area contributed by atoms with Crippen molar-refractivity contribution < 1.29 is 28.6 Å². The first-order valence-corrected chi connectivity index (χ1v) is 33.6. The smallest absolute Gasteiger partial charge is 0.306 e. The van der Waals surface area contributed by atoms with Crippen molar-refractivity contribution >= 4 is 17.9 Å². The number of hydrogen-bond acceptors (Lipinski definition) is 6. The lowest BCUT2D eigenvalue weighted by atomic mass is 10.0. The summed E-state index contributed by atoms with van der Waals surface area (Å²) in [7, 11) is 0. The summed E-state index contributed by atoms with van der Waals surface area (Å²) in [5, 5.41) is 0. The van der Waals surface area contributed by atoms with Gasteiger partial charge in [0, 0.05) is 19.3 Å². The number of rotatable bonds is 62. The third-order valence-corrected chi connectivity index (χ3v) is 15.1. The Morgan fingerprint density at radius 1 is 0.276 bits per heavy atom. The molecule has 0 aliphatic carbocycles. The Morgan fingerprint density at radius 2 is 0.513 bits per heavy atom. The topological polar surface area (TPSA) is 78.9 Å². The predicted octanol–water partition coefficient (Wildman–Crippen LogP) is 22.9. The van der Waals surface area contributed by atoms with Crippen LogP contribution in [-0.2, 0) is 28.6 Å². The van der Waals surface area contributed by atoms with Crippen LogP contribution >= 0.6 is 0 Å². The third kappa shape index (κ3) is 62.2. The van der Waals surface area contributed by atoms with Crippen LogP contribution in [0.5, 0.6) is 0 Å². The molecule has 0 aliphatic heterocycles. The fourth-order valence-corrected chi connectivity index (χ4v) is 10.1. The van der Waals surface area contributed by atoms with Crippen molar-refractivity contribution in [2.75, 3.05) is 13.2 Å². The molecular weight excluding hydrogens is 937 g/mol. The Bertz CT molecular complexity index is 1310. The number of ether oxygens (including phenoxy) is 3. The molecule has 0 aromatic heterocycles. The van der Waals surface area contributed by atoms with Gasteiger partial charge >= 0.3 is 17.9 Å². The zero-order valence-corrected chi connectivity index (χ0v) is 51.0. The summed E-state index contributed by atoms with van der Waals surface area (Å²) in [4.78, 5) is 38.4. The monoisotopic (exact) mass is 1060 g/mol. The molecular formula is C70H128O6. The van der Waals surface area contributed by atoms with E-state index in [0.717, 1.165) is 83.5 Å². The zero-order chi connectivity index (χ0) is 55.0. The summed E-state index contributed by atoms with van der Waals surface area (Å²) in [5.74, 6) is -0.845. The largest absolute Gasteiger partial charge is 0.462 e. The molecule has 76 heavy (non-hydrogen) atoms. The summed E-state index contributed by atoms with van der Waals surface area (Å²) in [5.41, 5.74) is 0. The second-order valence-corrected chi connectivity index (χ2v) is 22.7. The molecule has 0 aliphatic rings. The molecule has 0 amide bonds. The van der Waals surface area contributed by atoms with Crippen LogP contribution in [-0.4, -0.2) is 37.2 Å². The maximum atomic E-state index is 12.9. The van der Waals surface area contributed by atoms with Crippen LogP contribution < -0.4 is 0 Å². The SMILES string of the molecule is CC/C=C\C/C=C\C/C=C\C/C=C\CCCCCCCCCCCCC(=O)OCC(COC(=O)CCCCCCCCCCCCCCCCC)OC(=O)CCCCCCCCCCCCCCCCCCCCCC. The van der Waals surface area contributed by atoms with Gasteiger partial charge in [0.2, 0.25) is 0 Å². The van der Waals surface area contributed by atoms with E-state index in [9.17, 15) is 14.4 Å². The van der Waals surface area contributed by atoms with Gasteiger partial charge < -0.3 is 14.2 Å². The molecule has 0 aromatic carbocycles. The summed E-state index contributed by atoms with van der Waals surface area (Å²) >= 11 is 0. The first kappa shape index (κ1) is 73.4. The van der Waals surface area contributed by atoms with Crippen molar-refractivity contribution in [3.63, 3.8) is 0 Å². The average Bonchev–Trinajstić information content (AvgIpc) is 3.42. The molecule has 0 aromatic rings. The van der Waals surface area contributed by atoms with Crippen molar-refractivity contribution in [3.05, 3.63) is 48.6 Å². The van der Waals surface area contributed by atoms with Gasteiger partial charge in [-0.1, -0.05) is 333 Å². The highest BCUT2D eigenvalue weighted by Crippen LogP contribution is 2.18. The van der Waals surface area contributed by atoms with Crippen molar-refractivity contribution in [1.82, 2.24) is 0 Å². The molecule has 0 bridgehead atoms. The van der Waals surface area contributed by atoms with E-state index in [0.29, 0.717) is 19.3 Å². The average molecular weight is 1070 g/mol. The van der Waals surface area contributed by atoms with Crippen molar-refractivity contribution in [2.45, 2.75) is 367 Å². The molecule has 0 spiro atoms. The second kappa shape index (κ2) is 64.9. The van der Waals surface area contributed by atoms with Crippen LogP contribution in [0.2, 0.25) is 0 Å². The number of carbonyl (C=O) groups is 3. The van der Waals surface area contributed by atoms with E-state index in [1.807, 2.05) is 0 Å². The normalized spacial score (nSPS) is 12.3. The van der Waals surface area contributed by atoms with E-state index < -0.39 is 6.10 Å². The third-order valence-electron chi connectivity index (χ3n) is 15.1. The fourth-order valence-electron chi connectivity index (χ4n) is 10.1. The van der Waals surface area contributed by atoms with Crippen LogP contribution in [0.1, 0.15) is 361 Å². The van der Waals surface area contributed by atoms with Crippen LogP contribution in [0, 0.1) is 0 Å². The number of carbonyl (C=O) groups excluding carboxylic acids is 3. The summed E-state index contributed by atoms with van der Waals surface area (Å²) < 4.78 is 17.0. The first-order chi connectivity index (χ1) is 37.5. The van der Waals surface area contributed by atoms with Gasteiger partial charge in [-0.2, -0.15) is 0 Å². The minimum atomic E-state index is -0.772. The minimum Gasteiger partial charge on any atom is -0.462 e. The Morgan fingerprint density at radius 3 is 0.803 bits per heavy atom. The predicted molar refractivity (Wildman–Crippen MR) is 330 cm³/mol. The first-order valence-electron chi connectivity index (χ1n) is 33.6. The molecule has 6 heteroatoms. The van der Waals surface area contributed by atoms with Gasteiger partial charge in [0.15, 0.2) is 6.10 Å². The molecule has 0 saturated carbocycles. The molecule has 6 nitrogen and oxygen atoms in total. The summed E-state index contributed by atoms with van der Waals surface area (Å²) in [6.45, 7) is 6.60. The van der Waals surface area contributed by atoms with Gasteiger partial charge in [0.25, 0.3) is 0 Å². The molecule has 0 N–H and O–H groups in total. The highest BCUT2D eigenvalue weighted by molar-refractivity contribution is 5.71. The van der Waals surface area contributed by atoms with Gasteiger partial charge in [0.05, 0.1) is 0 Å². The van der Waals surface area contributed by atoms with Crippen LogP contribution in [0.25, 0.3) is 0 Å². The number of esters is 3. The van der Waals surface area contributed by atoms with E-state index in [-0.39, 0.29) is 31.1 Å². The standard InChI is InChI=1S/C70H128O6/c1-4-7-10-13-16-19-22-25-28-30-32-34-35-36-38-39-42-45-48-51-54-57-60-63-69(72)75-66-67(65-74-68(71)62-59-56-53-50-47-44-41-27-24-21-18-15-12-9-6-3)76-70(73)64-61-58-55-52-49-46-43-40-37-33-31-29-26-23-20-17-14-11-8-5-2/h7,10,16,19,25,28,32,34,67H,4-6,8-9,11-15,17-18,20-24,26-27,29-31,33,35-66H2,1-3H3/b10-7-,19-16-,28-25-,34-32-. The maximum Gasteiger partial charge on any atom is 0.306 e. The Kier molecular flexibility index (Phi) is 62.6. The lowest BCUT2D eigenvalue weighted by Gasteiger charge is -2.18. The summed E-state index contributed by atoms with van der Waals surface area (Å²) in [6.07, 6.45) is 81.2. The lowest BCUT2D eigenvalue weighted by Crippen LogP contribution is -2.30. The van der Waals surface area contributed by atoms with E-state index in [4.69, 9.17) is 14.2 Å². The Balaban J connectivity index is 4.30. The van der Waals surface area contributed by atoms with Gasteiger partial charge in [-0.25, -0.2) is 0 Å². The number of hydrogen-bond donors (Lipinski definition) is 0. The Hall–Kier alpha value is -2.63. The van der Waals surface area contributed by atoms with Crippen molar-refractivity contribution in [3.8, 4) is 0 Å². The van der Waals surface area contributed by atoms with Crippen LogP contribution in [0.3, 0.4) is 0 Å². The number of unbranched alkanes of at least 4 members (excludes halogenated alkanes) is 43. The summed E-state index contributed by atoms with van der Waals surface area (Å²) in [6, 6.07) is 0. The van der Waals surface area contributed by atoms with E-state index >= 15 is 0 Å². The van der Waals surface area contributed by atoms with E-state index in [2.05, 4.69) is 69.4 Å². The van der Waals surface area contributed by atoms with Crippen molar-refractivity contribution in [2.24, 2.45) is 0 Å². The van der Waals surface area contributed by atoms with E-state index in [1.165, 1.54) is 238 Å². The van der Waals surface area contributed by atoms with Gasteiger partial charge in [-0.3, -0.25) is 14.4 Å². The quantitative estimate of drug-likeness (QED) is 0.0261. The van der Waals surface area contributed by atoms with Crippen LogP contribution in [0.4, 0.5) is 0 Å². The van der Waals surface area contributed by atoms with Crippen LogP contribution in [0.15, 0.2) is 48.6 Å². The molecule has 0 saturated heterocycles. The maximum absolute atomic E-state index is 12.9. The second-order valence-electron chi connectivity index (χ2n) is 22.7. The minimum absolute atomic E-state index is 0.0683. The van der Waals surface area contributed by atoms with Gasteiger partial charge in [0.1, 0.15) is 13.2 Å². The highest BCUT2D eigenvalue weighted by atomic mass is 16.6. The molecule has 0 fully saturated rings. The zero-order valence-electron chi connectivity index (χ0n) is 51.0. The van der Waals surface area contributed by atoms with Gasteiger partial charge in [-0.05, 0) is 57.8 Å². The molecule has 1 unspecified atom stereocenters. The lowest BCUT2D eigenvalue weighted by molar-refractivity contribution is -0.167. The highest BCUT2D eigenvalue weighted by Gasteiger charge is 2.19. The Labute approximate surface area is 473 Å². The fraction of sp³-hybridized carbons (Fsp3) is 0.843. The van der Waals surface area contributed by atoms with E-state index in [1.54, 1.807) is 0 Å². The molecule has 0 radical (unpaired) electrons. The molecule has 1 atom stereocenters.